The van der Waals surface area contributed by atoms with E-state index in [4.69, 9.17) is 4.74 Å². The highest BCUT2D eigenvalue weighted by Gasteiger charge is 2.32. The van der Waals surface area contributed by atoms with E-state index in [9.17, 15) is 27.2 Å². The van der Waals surface area contributed by atoms with Crippen LogP contribution in [0.5, 0.6) is 0 Å². The Bertz CT molecular complexity index is 1490. The number of rotatable bonds is 10. The number of amides is 1. The number of carbonyl (C=O) groups is 2. The number of hydrogen-bond donors (Lipinski definition) is 1. The Morgan fingerprint density at radius 3 is 2.51 bits per heavy atom. The van der Waals surface area contributed by atoms with Crippen molar-refractivity contribution < 1.29 is 31.9 Å². The number of ether oxygens (including phenoxy) is 1. The summed E-state index contributed by atoms with van der Waals surface area (Å²) in [6.45, 7) is 8.92. The Hall–Kier alpha value is -3.69. The van der Waals surface area contributed by atoms with Crippen LogP contribution in [0.4, 0.5) is 28.5 Å². The van der Waals surface area contributed by atoms with Crippen LogP contribution in [-0.2, 0) is 22.3 Å². The molecule has 0 radical (unpaired) electrons. The van der Waals surface area contributed by atoms with Gasteiger partial charge in [-0.2, -0.15) is 13.2 Å². The van der Waals surface area contributed by atoms with Crippen molar-refractivity contribution in [3.63, 3.8) is 0 Å². The van der Waals surface area contributed by atoms with Gasteiger partial charge >= 0.3 is 12.1 Å². The number of thiazole rings is 1. The third-order valence-corrected chi connectivity index (χ3v) is 8.91. The third kappa shape index (κ3) is 8.32. The fourth-order valence-corrected chi connectivity index (χ4v) is 6.49. The molecule has 2 aliphatic heterocycles. The Balaban J connectivity index is 1.27. The van der Waals surface area contributed by atoms with Crippen LogP contribution in [0, 0.1) is 5.82 Å². The molecule has 0 bridgehead atoms. The maximum atomic E-state index is 14.3. The van der Waals surface area contributed by atoms with Crippen molar-refractivity contribution in [3.8, 4) is 11.3 Å². The Morgan fingerprint density at radius 1 is 1.09 bits per heavy atom. The second kappa shape index (κ2) is 14.2. The lowest BCUT2D eigenvalue weighted by Gasteiger charge is -2.35. The molecule has 1 unspecified atom stereocenters. The number of likely N-dealkylation sites (tertiary alicyclic amines) is 1. The van der Waals surface area contributed by atoms with E-state index >= 15 is 0 Å². The van der Waals surface area contributed by atoms with E-state index in [-0.39, 0.29) is 34.1 Å². The van der Waals surface area contributed by atoms with Gasteiger partial charge in [-0.1, -0.05) is 11.3 Å². The molecule has 242 valence electrons. The second-order valence-electron chi connectivity index (χ2n) is 11.1. The van der Waals surface area contributed by atoms with Gasteiger partial charge in [0.25, 0.3) is 5.91 Å². The molecule has 1 N–H and O–H groups in total. The summed E-state index contributed by atoms with van der Waals surface area (Å²) in [7, 11) is 0. The number of alkyl halides is 3. The van der Waals surface area contributed by atoms with E-state index in [2.05, 4.69) is 37.0 Å². The van der Waals surface area contributed by atoms with Crippen molar-refractivity contribution in [3.05, 3.63) is 52.5 Å². The quantitative estimate of drug-likeness (QED) is 0.238. The molecule has 4 heterocycles. The van der Waals surface area contributed by atoms with Gasteiger partial charge in [0.2, 0.25) is 0 Å². The summed E-state index contributed by atoms with van der Waals surface area (Å²) >= 11 is 1.14. The predicted molar refractivity (Wildman–Crippen MR) is 162 cm³/mol. The van der Waals surface area contributed by atoms with Crippen LogP contribution in [-0.4, -0.2) is 88.5 Å². The molecule has 2 saturated heterocycles. The lowest BCUT2D eigenvalue weighted by Crippen LogP contribution is -2.47. The molecule has 1 amide bonds. The molecule has 0 saturated carbocycles. The number of anilines is 2. The van der Waals surface area contributed by atoms with E-state index in [0.717, 1.165) is 55.9 Å². The Morgan fingerprint density at radius 2 is 1.87 bits per heavy atom. The minimum atomic E-state index is -4.73. The summed E-state index contributed by atoms with van der Waals surface area (Å²) in [5.74, 6) is -1.20. The van der Waals surface area contributed by atoms with Crippen molar-refractivity contribution >= 4 is 34.2 Å². The van der Waals surface area contributed by atoms with Crippen molar-refractivity contribution in [1.82, 2.24) is 24.8 Å². The van der Waals surface area contributed by atoms with Crippen molar-refractivity contribution in [1.29, 1.82) is 0 Å². The standard InChI is InChI=1S/C30H35F4N7O3S/c1-3-44-26(42)6-8-39-9-11-40(12-10-39)25-17-35-23(16-36-25)28(43)38-29-37-27(24(45-29)18-41-7-4-5-19(41)2)20-13-21(30(32,33)34)15-22(31)14-20/h13-17,19H,3-12,18H2,1-2H3,(H,37,38,43). The SMILES string of the molecule is CCOC(=O)CCN1CCN(c2cnc(C(=O)Nc3nc(-c4cc(F)cc(C(F)(F)F)c4)c(CN4CCCC4C)s3)cn2)CC1. The minimum absolute atomic E-state index is 0.00828. The molecule has 0 spiro atoms. The average Bonchev–Trinajstić information content (AvgIpc) is 3.61. The van der Waals surface area contributed by atoms with Gasteiger partial charge in [0.1, 0.15) is 17.3 Å². The molecule has 5 rings (SSSR count). The maximum absolute atomic E-state index is 14.3. The van der Waals surface area contributed by atoms with E-state index in [1.807, 2.05) is 4.90 Å². The van der Waals surface area contributed by atoms with Crippen LogP contribution < -0.4 is 10.2 Å². The largest absolute Gasteiger partial charge is 0.466 e. The van der Waals surface area contributed by atoms with Gasteiger partial charge in [-0.25, -0.2) is 19.3 Å². The molecule has 15 heteroatoms. The van der Waals surface area contributed by atoms with Gasteiger partial charge in [0, 0.05) is 55.8 Å². The summed E-state index contributed by atoms with van der Waals surface area (Å²) in [5.41, 5.74) is -0.873. The van der Waals surface area contributed by atoms with Crippen LogP contribution in [0.15, 0.2) is 30.6 Å². The summed E-state index contributed by atoms with van der Waals surface area (Å²) in [4.78, 5) is 44.9. The van der Waals surface area contributed by atoms with E-state index in [0.29, 0.717) is 56.0 Å². The number of esters is 1. The Kier molecular flexibility index (Phi) is 10.3. The molecule has 1 aromatic carbocycles. The van der Waals surface area contributed by atoms with Gasteiger partial charge in [-0.15, -0.1) is 0 Å². The Labute approximate surface area is 262 Å². The third-order valence-electron chi connectivity index (χ3n) is 7.96. The van der Waals surface area contributed by atoms with Gasteiger partial charge in [0.15, 0.2) is 5.13 Å². The normalized spacial score (nSPS) is 17.9. The second-order valence-corrected chi connectivity index (χ2v) is 12.2. The van der Waals surface area contributed by atoms with Gasteiger partial charge in [-0.3, -0.25) is 24.7 Å². The van der Waals surface area contributed by atoms with Gasteiger partial charge < -0.3 is 9.64 Å². The van der Waals surface area contributed by atoms with Crippen LogP contribution in [0.1, 0.15) is 54.0 Å². The zero-order valence-electron chi connectivity index (χ0n) is 25.1. The van der Waals surface area contributed by atoms with E-state index in [1.165, 1.54) is 12.4 Å². The fraction of sp³-hybridized carbons (Fsp3) is 0.500. The van der Waals surface area contributed by atoms with Crippen LogP contribution in [0.2, 0.25) is 0 Å². The first-order valence-electron chi connectivity index (χ1n) is 14.9. The van der Waals surface area contributed by atoms with Crippen LogP contribution in [0.25, 0.3) is 11.3 Å². The highest BCUT2D eigenvalue weighted by atomic mass is 32.1. The fourth-order valence-electron chi connectivity index (χ4n) is 5.49. The van der Waals surface area contributed by atoms with E-state index in [1.54, 1.807) is 6.92 Å². The average molecular weight is 650 g/mol. The minimum Gasteiger partial charge on any atom is -0.466 e. The molecular formula is C30H35F4N7O3S. The number of halogens is 4. The summed E-state index contributed by atoms with van der Waals surface area (Å²) in [5, 5.41) is 2.86. The molecule has 10 nitrogen and oxygen atoms in total. The highest BCUT2D eigenvalue weighted by Crippen LogP contribution is 2.38. The van der Waals surface area contributed by atoms with Crippen LogP contribution in [0.3, 0.4) is 0 Å². The molecule has 45 heavy (non-hydrogen) atoms. The zero-order chi connectivity index (χ0) is 32.1. The number of piperazine rings is 1. The lowest BCUT2D eigenvalue weighted by atomic mass is 10.1. The first kappa shape index (κ1) is 32.7. The monoisotopic (exact) mass is 649 g/mol. The predicted octanol–water partition coefficient (Wildman–Crippen LogP) is 5.07. The molecule has 1 atom stereocenters. The van der Waals surface area contributed by atoms with Crippen molar-refractivity contribution in [2.24, 2.45) is 0 Å². The van der Waals surface area contributed by atoms with Crippen LogP contribution >= 0.6 is 11.3 Å². The number of nitrogens with zero attached hydrogens (tertiary/aromatic N) is 6. The van der Waals surface area contributed by atoms with Gasteiger partial charge in [-0.05, 0) is 51.4 Å². The van der Waals surface area contributed by atoms with Gasteiger partial charge in [0.05, 0.1) is 36.7 Å². The molecule has 2 aliphatic rings. The molecule has 2 aromatic heterocycles. The number of hydrogen-bond acceptors (Lipinski definition) is 10. The topological polar surface area (TPSA) is 104 Å². The molecule has 0 aliphatic carbocycles. The van der Waals surface area contributed by atoms with Crippen molar-refractivity contribution in [2.75, 3.05) is 56.1 Å². The summed E-state index contributed by atoms with van der Waals surface area (Å²) in [6, 6.07) is 2.63. The molecule has 2 fully saturated rings. The lowest BCUT2D eigenvalue weighted by molar-refractivity contribution is -0.143. The zero-order valence-corrected chi connectivity index (χ0v) is 25.9. The highest BCUT2D eigenvalue weighted by molar-refractivity contribution is 7.16. The number of nitrogens with one attached hydrogen (secondary N) is 1. The maximum Gasteiger partial charge on any atom is 0.416 e. The smallest absolute Gasteiger partial charge is 0.416 e. The molecular weight excluding hydrogens is 614 g/mol. The summed E-state index contributed by atoms with van der Waals surface area (Å²) in [6.07, 6.45) is 0.486. The number of benzene rings is 1. The number of aromatic nitrogens is 3. The summed E-state index contributed by atoms with van der Waals surface area (Å²) < 4.78 is 59.7. The first-order valence-corrected chi connectivity index (χ1v) is 15.7. The van der Waals surface area contributed by atoms with E-state index < -0.39 is 23.5 Å². The first-order chi connectivity index (χ1) is 21.5. The number of carbonyl (C=O) groups excluding carboxylic acids is 2. The molecule has 3 aromatic rings. The van der Waals surface area contributed by atoms with Crippen molar-refractivity contribution in [2.45, 2.75) is 51.9 Å².